The Morgan fingerprint density at radius 3 is 2.24 bits per heavy atom. The molecule has 0 amide bonds. The van der Waals surface area contributed by atoms with Crippen LogP contribution < -0.4 is 0 Å². The maximum absolute atomic E-state index is 13.4. The number of aliphatic hydroxyl groups is 2. The lowest BCUT2D eigenvalue weighted by atomic mass is 10.3. The normalized spacial score (nSPS) is 26.3. The van der Waals surface area contributed by atoms with Crippen LogP contribution in [0.15, 0.2) is 29.2 Å². The molecule has 2 atom stereocenters. The fourth-order valence-electron chi connectivity index (χ4n) is 1.72. The van der Waals surface area contributed by atoms with Gasteiger partial charge in [0.15, 0.2) is 0 Å². The van der Waals surface area contributed by atoms with E-state index >= 15 is 0 Å². The van der Waals surface area contributed by atoms with Gasteiger partial charge in [0.1, 0.15) is 10.7 Å². The molecule has 17 heavy (non-hydrogen) atoms. The Labute approximate surface area is 98.2 Å². The van der Waals surface area contributed by atoms with E-state index in [9.17, 15) is 23.0 Å². The van der Waals surface area contributed by atoms with Crippen LogP contribution in [0.25, 0.3) is 0 Å². The third kappa shape index (κ3) is 2.19. The molecule has 1 saturated heterocycles. The van der Waals surface area contributed by atoms with E-state index in [0.29, 0.717) is 0 Å². The third-order valence-electron chi connectivity index (χ3n) is 2.68. The van der Waals surface area contributed by atoms with E-state index < -0.39 is 32.9 Å². The lowest BCUT2D eigenvalue weighted by molar-refractivity contribution is 0.0572. The molecule has 7 heteroatoms. The molecule has 0 aliphatic carbocycles. The van der Waals surface area contributed by atoms with Crippen molar-refractivity contribution in [3.05, 3.63) is 30.1 Å². The Kier molecular flexibility index (Phi) is 3.17. The highest BCUT2D eigenvalue weighted by atomic mass is 32.2. The van der Waals surface area contributed by atoms with Gasteiger partial charge in [-0.2, -0.15) is 4.31 Å². The van der Waals surface area contributed by atoms with Crippen molar-refractivity contribution in [2.24, 2.45) is 0 Å². The first kappa shape index (κ1) is 12.4. The smallest absolute Gasteiger partial charge is 0.246 e. The number of aliphatic hydroxyl groups excluding tert-OH is 2. The van der Waals surface area contributed by atoms with Crippen molar-refractivity contribution in [1.29, 1.82) is 0 Å². The second-order valence-corrected chi connectivity index (χ2v) is 5.79. The monoisotopic (exact) mass is 261 g/mol. The van der Waals surface area contributed by atoms with Crippen LogP contribution in [0.1, 0.15) is 0 Å². The Balaban J connectivity index is 2.36. The van der Waals surface area contributed by atoms with Crippen LogP contribution in [-0.2, 0) is 10.0 Å². The summed E-state index contributed by atoms with van der Waals surface area (Å²) in [5, 5.41) is 18.6. The number of halogens is 1. The Morgan fingerprint density at radius 1 is 1.18 bits per heavy atom. The van der Waals surface area contributed by atoms with E-state index in [-0.39, 0.29) is 13.1 Å². The van der Waals surface area contributed by atoms with E-state index in [0.717, 1.165) is 16.4 Å². The van der Waals surface area contributed by atoms with Gasteiger partial charge in [0, 0.05) is 13.1 Å². The molecule has 2 N–H and O–H groups in total. The minimum atomic E-state index is -4.00. The van der Waals surface area contributed by atoms with E-state index in [4.69, 9.17) is 0 Å². The largest absolute Gasteiger partial charge is 0.389 e. The van der Waals surface area contributed by atoms with E-state index in [2.05, 4.69) is 0 Å². The molecular weight excluding hydrogens is 249 g/mol. The van der Waals surface area contributed by atoms with Crippen LogP contribution in [0.3, 0.4) is 0 Å². The van der Waals surface area contributed by atoms with Gasteiger partial charge < -0.3 is 10.2 Å². The van der Waals surface area contributed by atoms with Crippen molar-refractivity contribution in [3.63, 3.8) is 0 Å². The molecule has 1 aromatic carbocycles. The lowest BCUT2D eigenvalue weighted by Gasteiger charge is -2.15. The van der Waals surface area contributed by atoms with Gasteiger partial charge in [-0.3, -0.25) is 0 Å². The van der Waals surface area contributed by atoms with Crippen molar-refractivity contribution in [1.82, 2.24) is 4.31 Å². The predicted molar refractivity (Wildman–Crippen MR) is 57.2 cm³/mol. The molecule has 1 aliphatic heterocycles. The van der Waals surface area contributed by atoms with Gasteiger partial charge >= 0.3 is 0 Å². The average Bonchev–Trinajstić information content (AvgIpc) is 2.60. The molecule has 1 aromatic rings. The molecular formula is C10H12FNO4S. The first-order chi connectivity index (χ1) is 7.93. The highest BCUT2D eigenvalue weighted by Gasteiger charge is 2.38. The number of rotatable bonds is 2. The quantitative estimate of drug-likeness (QED) is 0.756. The summed E-state index contributed by atoms with van der Waals surface area (Å²) < 4.78 is 38.3. The summed E-state index contributed by atoms with van der Waals surface area (Å²) in [4.78, 5) is -0.443. The SMILES string of the molecule is O=S(=O)(c1ccccc1F)N1C[C@@H](O)[C@@H](O)C1. The Bertz CT molecular complexity index is 509. The standard InChI is InChI=1S/C10H12FNO4S/c11-7-3-1-2-4-10(7)17(15,16)12-5-8(13)9(14)6-12/h1-4,8-9,13-14H,5-6H2/t8-,9+. The summed E-state index contributed by atoms with van der Waals surface area (Å²) in [5.74, 6) is -0.844. The van der Waals surface area contributed by atoms with Crippen molar-refractivity contribution < 1.29 is 23.0 Å². The molecule has 5 nitrogen and oxygen atoms in total. The van der Waals surface area contributed by atoms with Gasteiger partial charge in [-0.25, -0.2) is 12.8 Å². The highest BCUT2D eigenvalue weighted by Crippen LogP contribution is 2.23. The summed E-state index contributed by atoms with van der Waals surface area (Å²) in [5.41, 5.74) is 0. The molecule has 0 aromatic heterocycles. The molecule has 0 radical (unpaired) electrons. The number of hydrogen-bond acceptors (Lipinski definition) is 4. The van der Waals surface area contributed by atoms with E-state index in [1.807, 2.05) is 0 Å². The van der Waals surface area contributed by atoms with Crippen molar-refractivity contribution in [2.45, 2.75) is 17.1 Å². The summed E-state index contributed by atoms with van der Waals surface area (Å²) >= 11 is 0. The molecule has 1 aliphatic rings. The lowest BCUT2D eigenvalue weighted by Crippen LogP contribution is -2.30. The number of sulfonamides is 1. The van der Waals surface area contributed by atoms with Crippen LogP contribution in [0, 0.1) is 5.82 Å². The van der Waals surface area contributed by atoms with Crippen LogP contribution in [0.4, 0.5) is 4.39 Å². The number of benzene rings is 1. The van der Waals surface area contributed by atoms with E-state index in [1.165, 1.54) is 12.1 Å². The van der Waals surface area contributed by atoms with E-state index in [1.54, 1.807) is 0 Å². The van der Waals surface area contributed by atoms with Gasteiger partial charge in [-0.05, 0) is 12.1 Å². The van der Waals surface area contributed by atoms with Crippen LogP contribution in [0.2, 0.25) is 0 Å². The third-order valence-corrected chi connectivity index (χ3v) is 4.54. The maximum atomic E-state index is 13.4. The molecule has 0 saturated carbocycles. The average molecular weight is 261 g/mol. The van der Waals surface area contributed by atoms with Gasteiger partial charge in [0.05, 0.1) is 12.2 Å². The molecule has 1 heterocycles. The first-order valence-electron chi connectivity index (χ1n) is 5.04. The molecule has 1 fully saturated rings. The summed E-state index contributed by atoms with van der Waals surface area (Å²) in [6, 6.07) is 5.01. The minimum Gasteiger partial charge on any atom is -0.389 e. The second kappa shape index (κ2) is 4.34. The molecule has 2 rings (SSSR count). The van der Waals surface area contributed by atoms with Crippen LogP contribution >= 0.6 is 0 Å². The van der Waals surface area contributed by atoms with Crippen LogP contribution in [0.5, 0.6) is 0 Å². The predicted octanol–water partition coefficient (Wildman–Crippen LogP) is -0.448. The zero-order valence-corrected chi connectivity index (χ0v) is 9.64. The second-order valence-electron chi connectivity index (χ2n) is 3.89. The van der Waals surface area contributed by atoms with Crippen molar-refractivity contribution >= 4 is 10.0 Å². The highest BCUT2D eigenvalue weighted by molar-refractivity contribution is 7.89. The fourth-order valence-corrected chi connectivity index (χ4v) is 3.27. The number of hydrogen-bond donors (Lipinski definition) is 2. The van der Waals surface area contributed by atoms with Gasteiger partial charge in [0.2, 0.25) is 10.0 Å². The van der Waals surface area contributed by atoms with Gasteiger partial charge in [0.25, 0.3) is 0 Å². The number of β-amino-alcohol motifs (C(OH)–C–C–N with tert-alkyl or cyclic N) is 2. The molecule has 94 valence electrons. The van der Waals surface area contributed by atoms with Crippen molar-refractivity contribution in [2.75, 3.05) is 13.1 Å². The Morgan fingerprint density at radius 2 is 1.71 bits per heavy atom. The zero-order valence-electron chi connectivity index (χ0n) is 8.82. The summed E-state index contributed by atoms with van der Waals surface area (Å²) in [7, 11) is -4.00. The summed E-state index contributed by atoms with van der Waals surface area (Å²) in [6.07, 6.45) is -2.26. The Hall–Kier alpha value is -1.02. The molecule has 0 unspecified atom stereocenters. The molecule has 0 spiro atoms. The van der Waals surface area contributed by atoms with Crippen molar-refractivity contribution in [3.8, 4) is 0 Å². The molecule has 0 bridgehead atoms. The topological polar surface area (TPSA) is 77.8 Å². The minimum absolute atomic E-state index is 0.224. The first-order valence-corrected chi connectivity index (χ1v) is 6.48. The van der Waals surface area contributed by atoms with Gasteiger partial charge in [-0.15, -0.1) is 0 Å². The fraction of sp³-hybridized carbons (Fsp3) is 0.400. The van der Waals surface area contributed by atoms with Gasteiger partial charge in [-0.1, -0.05) is 12.1 Å². The number of nitrogens with zero attached hydrogens (tertiary/aromatic N) is 1. The van der Waals surface area contributed by atoms with Crippen LogP contribution in [-0.4, -0.2) is 48.2 Å². The zero-order chi connectivity index (χ0) is 12.6. The maximum Gasteiger partial charge on any atom is 0.246 e. The summed E-state index contributed by atoms with van der Waals surface area (Å²) in [6.45, 7) is -0.449.